The predicted octanol–water partition coefficient (Wildman–Crippen LogP) is 2.33. The molecule has 0 spiro atoms. The first-order valence-electron chi connectivity index (χ1n) is 2.00. The highest BCUT2D eigenvalue weighted by atomic mass is 79.9. The summed E-state index contributed by atoms with van der Waals surface area (Å²) in [6.07, 6.45) is 0. The summed E-state index contributed by atoms with van der Waals surface area (Å²) in [5, 5.41) is 4.40. The fourth-order valence-electron chi connectivity index (χ4n) is 0.349. The number of alkyl halides is 1. The topological polar surface area (TPSA) is 26.0 Å². The fourth-order valence-corrected chi connectivity index (χ4v) is 0.950. The molecule has 0 aliphatic rings. The molecule has 8 heavy (non-hydrogen) atoms. The van der Waals surface area contributed by atoms with Gasteiger partial charge in [-0.3, -0.25) is 0 Å². The van der Waals surface area contributed by atoms with Gasteiger partial charge in [-0.05, 0) is 15.9 Å². The second kappa shape index (κ2) is 2.64. The van der Waals surface area contributed by atoms with E-state index in [9.17, 15) is 0 Å². The van der Waals surface area contributed by atoms with Crippen LogP contribution in [0, 0.1) is 0 Å². The van der Waals surface area contributed by atoms with Gasteiger partial charge in [-0.15, -0.1) is 0 Å². The third-order valence-corrected chi connectivity index (χ3v) is 1.62. The summed E-state index contributed by atoms with van der Waals surface area (Å²) in [5.41, 5.74) is 0.900. The molecule has 0 aliphatic heterocycles. The largest absolute Gasteiger partial charge is 0.349 e. The zero-order chi connectivity index (χ0) is 5.98. The van der Waals surface area contributed by atoms with Gasteiger partial charge >= 0.3 is 0 Å². The molecular formula is C4H3Br2NO. The summed E-state index contributed by atoms with van der Waals surface area (Å²) in [5.74, 6) is 0. The van der Waals surface area contributed by atoms with Gasteiger partial charge in [0.25, 0.3) is 0 Å². The van der Waals surface area contributed by atoms with Crippen LogP contribution in [0.3, 0.4) is 0 Å². The van der Waals surface area contributed by atoms with Crippen LogP contribution in [0.4, 0.5) is 0 Å². The van der Waals surface area contributed by atoms with Gasteiger partial charge in [0.1, 0.15) is 0 Å². The lowest BCUT2D eigenvalue weighted by molar-refractivity contribution is 0.395. The van der Waals surface area contributed by atoms with Crippen LogP contribution in [0.1, 0.15) is 5.69 Å². The first-order chi connectivity index (χ1) is 3.83. The monoisotopic (exact) mass is 239 g/mol. The molecule has 0 aromatic carbocycles. The minimum Gasteiger partial charge on any atom is -0.349 e. The molecule has 0 atom stereocenters. The number of aromatic nitrogens is 1. The molecule has 1 heterocycles. The molecule has 44 valence electrons. The number of nitrogens with zero attached hydrogens (tertiary/aromatic N) is 1. The Morgan fingerprint density at radius 3 is 2.75 bits per heavy atom. The molecule has 0 radical (unpaired) electrons. The molecule has 0 fully saturated rings. The highest BCUT2D eigenvalue weighted by Crippen LogP contribution is 2.12. The summed E-state index contributed by atoms with van der Waals surface area (Å²) >= 11 is 6.35. The first-order valence-corrected chi connectivity index (χ1v) is 3.91. The van der Waals surface area contributed by atoms with Gasteiger partial charge in [0, 0.05) is 11.4 Å². The Labute approximate surface area is 63.5 Å². The first kappa shape index (κ1) is 6.29. The van der Waals surface area contributed by atoms with Crippen LogP contribution in [-0.2, 0) is 5.33 Å². The molecule has 4 heteroatoms. The number of halogens is 2. The minimum absolute atomic E-state index is 0.673. The van der Waals surface area contributed by atoms with Gasteiger partial charge in [-0.2, -0.15) is 0 Å². The fraction of sp³-hybridized carbons (Fsp3) is 0.250. The molecule has 2 nitrogen and oxygen atoms in total. The quantitative estimate of drug-likeness (QED) is 0.705. The van der Waals surface area contributed by atoms with E-state index in [1.54, 1.807) is 0 Å². The van der Waals surface area contributed by atoms with E-state index in [0.717, 1.165) is 11.0 Å². The van der Waals surface area contributed by atoms with E-state index in [1.807, 2.05) is 6.07 Å². The normalized spacial score (nSPS) is 9.75. The van der Waals surface area contributed by atoms with Crippen molar-refractivity contribution in [1.29, 1.82) is 0 Å². The maximum atomic E-state index is 4.69. The Hall–Kier alpha value is 0.170. The van der Waals surface area contributed by atoms with Crippen LogP contribution in [0.2, 0.25) is 0 Å². The van der Waals surface area contributed by atoms with E-state index in [1.165, 1.54) is 0 Å². The smallest absolute Gasteiger partial charge is 0.202 e. The maximum absolute atomic E-state index is 4.69. The zero-order valence-corrected chi connectivity index (χ0v) is 7.07. The van der Waals surface area contributed by atoms with Crippen molar-refractivity contribution in [1.82, 2.24) is 5.16 Å². The third kappa shape index (κ3) is 1.32. The highest BCUT2D eigenvalue weighted by molar-refractivity contribution is 9.10. The lowest BCUT2D eigenvalue weighted by atomic mass is 10.5. The number of hydrogen-bond acceptors (Lipinski definition) is 2. The Morgan fingerprint density at radius 1 is 1.75 bits per heavy atom. The molecule has 0 saturated heterocycles. The number of hydrogen-bond donors (Lipinski definition) is 0. The van der Waals surface area contributed by atoms with E-state index >= 15 is 0 Å². The zero-order valence-electron chi connectivity index (χ0n) is 3.90. The van der Waals surface area contributed by atoms with E-state index in [2.05, 4.69) is 37.0 Å². The van der Waals surface area contributed by atoms with Crippen molar-refractivity contribution in [3.05, 3.63) is 16.4 Å². The summed E-state index contributed by atoms with van der Waals surface area (Å²) in [6.45, 7) is 0. The van der Waals surface area contributed by atoms with Crippen LogP contribution >= 0.6 is 31.9 Å². The molecule has 0 N–H and O–H groups in total. The van der Waals surface area contributed by atoms with Gasteiger partial charge in [-0.25, -0.2) is 0 Å². The molecule has 0 aliphatic carbocycles. The average Bonchev–Trinajstić information content (AvgIpc) is 2.14. The standard InChI is InChI=1S/C4H3Br2NO/c5-2-3-1-4(6)8-7-3/h1H,2H2. The van der Waals surface area contributed by atoms with Crippen molar-refractivity contribution in [3.8, 4) is 0 Å². The highest BCUT2D eigenvalue weighted by Gasteiger charge is 1.95. The van der Waals surface area contributed by atoms with Crippen LogP contribution in [-0.4, -0.2) is 5.16 Å². The van der Waals surface area contributed by atoms with Crippen LogP contribution in [0.5, 0.6) is 0 Å². The molecule has 0 unspecified atom stereocenters. The van der Waals surface area contributed by atoms with E-state index in [4.69, 9.17) is 4.52 Å². The van der Waals surface area contributed by atoms with Crippen LogP contribution < -0.4 is 0 Å². The molecule has 0 bridgehead atoms. The Bertz CT molecular complexity index is 174. The Balaban J connectivity index is 2.84. The molecule has 0 saturated carbocycles. The van der Waals surface area contributed by atoms with Gasteiger partial charge in [-0.1, -0.05) is 21.1 Å². The Morgan fingerprint density at radius 2 is 2.50 bits per heavy atom. The molecule has 1 rings (SSSR count). The second-order valence-electron chi connectivity index (χ2n) is 1.26. The summed E-state index contributed by atoms with van der Waals surface area (Å²) < 4.78 is 5.37. The van der Waals surface area contributed by atoms with Crippen LogP contribution in [0.25, 0.3) is 0 Å². The van der Waals surface area contributed by atoms with Crippen molar-refractivity contribution < 1.29 is 4.52 Å². The third-order valence-electron chi connectivity index (χ3n) is 0.667. The summed E-state index contributed by atoms with van der Waals surface area (Å²) in [4.78, 5) is 0. The van der Waals surface area contributed by atoms with Gasteiger partial charge in [0.15, 0.2) is 0 Å². The van der Waals surface area contributed by atoms with Crippen LogP contribution in [0.15, 0.2) is 15.3 Å². The van der Waals surface area contributed by atoms with Crippen molar-refractivity contribution in [2.45, 2.75) is 5.33 Å². The van der Waals surface area contributed by atoms with Crippen molar-refractivity contribution in [3.63, 3.8) is 0 Å². The molecular weight excluding hydrogens is 238 g/mol. The van der Waals surface area contributed by atoms with E-state index in [0.29, 0.717) is 4.67 Å². The SMILES string of the molecule is BrCc1cc(Br)on1. The lowest BCUT2D eigenvalue weighted by Gasteiger charge is -1.73. The van der Waals surface area contributed by atoms with Gasteiger partial charge in [0.2, 0.25) is 4.67 Å². The maximum Gasteiger partial charge on any atom is 0.202 e. The Kier molecular flexibility index (Phi) is 2.08. The molecule has 0 amide bonds. The van der Waals surface area contributed by atoms with E-state index in [-0.39, 0.29) is 0 Å². The van der Waals surface area contributed by atoms with Gasteiger partial charge < -0.3 is 4.52 Å². The van der Waals surface area contributed by atoms with Crippen molar-refractivity contribution in [2.24, 2.45) is 0 Å². The average molecular weight is 241 g/mol. The lowest BCUT2D eigenvalue weighted by Crippen LogP contribution is -1.69. The molecule has 1 aromatic heterocycles. The summed E-state index contributed by atoms with van der Waals surface area (Å²) in [6, 6.07) is 1.81. The number of rotatable bonds is 1. The summed E-state index contributed by atoms with van der Waals surface area (Å²) in [7, 11) is 0. The minimum atomic E-state index is 0.673. The van der Waals surface area contributed by atoms with Gasteiger partial charge in [0.05, 0.1) is 5.69 Å². The molecule has 1 aromatic rings. The second-order valence-corrected chi connectivity index (χ2v) is 2.60. The van der Waals surface area contributed by atoms with Crippen molar-refractivity contribution >= 4 is 31.9 Å². The van der Waals surface area contributed by atoms with Crippen molar-refractivity contribution in [2.75, 3.05) is 0 Å². The predicted molar refractivity (Wildman–Crippen MR) is 36.8 cm³/mol. The van der Waals surface area contributed by atoms with E-state index < -0.39 is 0 Å².